The largest absolute Gasteiger partial charge is 0.478 e. The standard InChI is InChI=1S/C26H23N5O2/c1-2-16-4-3-5-19(12-16)29-25-24-21(20-7-6-18(26(32)33)14-22(20)30-25)15-28-23(31-24)13-17-8-10-27-11-9-17/h1,3-7,12,14-15,17,27H,8-11,13H2,(H,29,30)(H,32,33). The van der Waals surface area contributed by atoms with Gasteiger partial charge in [0.05, 0.1) is 11.1 Å². The maximum atomic E-state index is 11.5. The number of piperidine rings is 1. The highest BCUT2D eigenvalue weighted by Crippen LogP contribution is 2.31. The van der Waals surface area contributed by atoms with Crippen LogP contribution in [-0.2, 0) is 6.42 Å². The first-order valence-corrected chi connectivity index (χ1v) is 11.0. The monoisotopic (exact) mass is 437 g/mol. The van der Waals surface area contributed by atoms with Crippen molar-refractivity contribution in [1.82, 2.24) is 20.3 Å². The van der Waals surface area contributed by atoms with Crippen molar-refractivity contribution in [1.29, 1.82) is 0 Å². The van der Waals surface area contributed by atoms with Crippen LogP contribution >= 0.6 is 0 Å². The molecule has 7 heteroatoms. The molecule has 3 heterocycles. The fourth-order valence-electron chi connectivity index (χ4n) is 4.31. The predicted molar refractivity (Wildman–Crippen MR) is 129 cm³/mol. The number of carboxylic acids is 1. The van der Waals surface area contributed by atoms with Crippen molar-refractivity contribution < 1.29 is 9.90 Å². The maximum absolute atomic E-state index is 11.5. The van der Waals surface area contributed by atoms with Gasteiger partial charge in [-0.2, -0.15) is 0 Å². The number of nitrogens with zero attached hydrogens (tertiary/aromatic N) is 3. The Bertz CT molecular complexity index is 1400. The van der Waals surface area contributed by atoms with E-state index in [-0.39, 0.29) is 5.56 Å². The van der Waals surface area contributed by atoms with Crippen molar-refractivity contribution in [2.24, 2.45) is 5.92 Å². The molecule has 4 aromatic rings. The van der Waals surface area contributed by atoms with E-state index in [9.17, 15) is 9.90 Å². The van der Waals surface area contributed by atoms with Crippen LogP contribution in [0, 0.1) is 18.3 Å². The molecule has 2 aromatic carbocycles. The summed E-state index contributed by atoms with van der Waals surface area (Å²) in [5.74, 6) is 3.53. The van der Waals surface area contributed by atoms with Gasteiger partial charge in [-0.3, -0.25) is 0 Å². The van der Waals surface area contributed by atoms with E-state index >= 15 is 0 Å². The Morgan fingerprint density at radius 1 is 1.15 bits per heavy atom. The topological polar surface area (TPSA) is 100 Å². The molecule has 0 atom stereocenters. The van der Waals surface area contributed by atoms with Crippen LogP contribution in [0.15, 0.2) is 48.7 Å². The van der Waals surface area contributed by atoms with E-state index in [2.05, 4.69) is 21.5 Å². The summed E-state index contributed by atoms with van der Waals surface area (Å²) in [6, 6.07) is 12.4. The van der Waals surface area contributed by atoms with E-state index < -0.39 is 5.97 Å². The zero-order chi connectivity index (χ0) is 22.8. The molecule has 5 rings (SSSR count). The molecule has 33 heavy (non-hydrogen) atoms. The summed E-state index contributed by atoms with van der Waals surface area (Å²) in [6.45, 7) is 2.04. The fourth-order valence-corrected chi connectivity index (χ4v) is 4.31. The number of carboxylic acid groups (broad SMARTS) is 1. The number of benzene rings is 2. The van der Waals surface area contributed by atoms with Crippen LogP contribution in [0.3, 0.4) is 0 Å². The van der Waals surface area contributed by atoms with Gasteiger partial charge in [0.1, 0.15) is 11.3 Å². The third-order valence-electron chi connectivity index (χ3n) is 6.05. The summed E-state index contributed by atoms with van der Waals surface area (Å²) in [5, 5.41) is 17.8. The minimum Gasteiger partial charge on any atom is -0.478 e. The van der Waals surface area contributed by atoms with E-state index in [0.29, 0.717) is 22.8 Å². The van der Waals surface area contributed by atoms with Gasteiger partial charge in [-0.1, -0.05) is 18.1 Å². The molecule has 7 nitrogen and oxygen atoms in total. The van der Waals surface area contributed by atoms with Crippen molar-refractivity contribution in [2.75, 3.05) is 18.4 Å². The SMILES string of the molecule is C#Cc1cccc(Nc2nc3cc(C(=O)O)ccc3c3cnc(CC4CCNCC4)nc23)c1. The number of aromatic carboxylic acids is 1. The second-order valence-electron chi connectivity index (χ2n) is 8.29. The number of carbonyl (C=O) groups is 1. The third kappa shape index (κ3) is 4.34. The second kappa shape index (κ2) is 8.85. The number of aromatic nitrogens is 3. The number of hydrogen-bond acceptors (Lipinski definition) is 6. The summed E-state index contributed by atoms with van der Waals surface area (Å²) in [6.07, 6.45) is 10.4. The van der Waals surface area contributed by atoms with Crippen LogP contribution in [0.2, 0.25) is 0 Å². The summed E-state index contributed by atoms with van der Waals surface area (Å²) in [7, 11) is 0. The van der Waals surface area contributed by atoms with Crippen molar-refractivity contribution in [2.45, 2.75) is 19.3 Å². The Balaban J connectivity index is 1.64. The minimum absolute atomic E-state index is 0.179. The van der Waals surface area contributed by atoms with Crippen LogP contribution < -0.4 is 10.6 Å². The summed E-state index contributed by atoms with van der Waals surface area (Å²) in [5.41, 5.74) is 2.98. The van der Waals surface area contributed by atoms with Gasteiger partial charge in [-0.05, 0) is 62.2 Å². The van der Waals surface area contributed by atoms with Crippen LogP contribution in [0.25, 0.3) is 21.8 Å². The third-order valence-corrected chi connectivity index (χ3v) is 6.05. The molecule has 1 aliphatic heterocycles. The van der Waals surface area contributed by atoms with E-state index in [4.69, 9.17) is 16.4 Å². The maximum Gasteiger partial charge on any atom is 0.335 e. The summed E-state index contributed by atoms with van der Waals surface area (Å²) < 4.78 is 0. The summed E-state index contributed by atoms with van der Waals surface area (Å²) >= 11 is 0. The van der Waals surface area contributed by atoms with E-state index in [0.717, 1.165) is 60.2 Å². The highest BCUT2D eigenvalue weighted by molar-refractivity contribution is 6.09. The number of rotatable bonds is 5. The van der Waals surface area contributed by atoms with Crippen LogP contribution in [0.1, 0.15) is 34.6 Å². The Hall–Kier alpha value is -4.02. The lowest BCUT2D eigenvalue weighted by Crippen LogP contribution is -2.29. The molecule has 0 amide bonds. The Labute approximate surface area is 191 Å². The zero-order valence-electron chi connectivity index (χ0n) is 18.0. The Morgan fingerprint density at radius 2 is 2.00 bits per heavy atom. The van der Waals surface area contributed by atoms with E-state index in [1.54, 1.807) is 18.2 Å². The first-order valence-electron chi connectivity index (χ1n) is 11.0. The van der Waals surface area contributed by atoms with Crippen LogP contribution in [-0.4, -0.2) is 39.1 Å². The molecule has 0 spiro atoms. The molecule has 1 saturated heterocycles. The molecule has 164 valence electrons. The Kier molecular flexibility index (Phi) is 5.59. The number of nitrogens with one attached hydrogen (secondary N) is 2. The molecule has 0 unspecified atom stereocenters. The number of anilines is 2. The smallest absolute Gasteiger partial charge is 0.335 e. The van der Waals surface area contributed by atoms with E-state index in [1.807, 2.05) is 30.5 Å². The van der Waals surface area contributed by atoms with Gasteiger partial charge >= 0.3 is 5.97 Å². The molecule has 3 N–H and O–H groups in total. The molecular weight excluding hydrogens is 414 g/mol. The molecule has 0 radical (unpaired) electrons. The van der Waals surface area contributed by atoms with E-state index in [1.165, 1.54) is 0 Å². The fraction of sp³-hybridized carbons (Fsp3) is 0.231. The minimum atomic E-state index is -0.997. The van der Waals surface area contributed by atoms with Crippen molar-refractivity contribution in [3.8, 4) is 12.3 Å². The van der Waals surface area contributed by atoms with Gasteiger partial charge < -0.3 is 15.7 Å². The quantitative estimate of drug-likeness (QED) is 0.319. The predicted octanol–water partition coefficient (Wildman–Crippen LogP) is 4.14. The lowest BCUT2D eigenvalue weighted by Gasteiger charge is -2.22. The van der Waals surface area contributed by atoms with Crippen molar-refractivity contribution in [3.05, 3.63) is 65.6 Å². The highest BCUT2D eigenvalue weighted by Gasteiger charge is 2.18. The molecule has 0 aliphatic carbocycles. The van der Waals surface area contributed by atoms with Gasteiger partial charge in [-0.15, -0.1) is 6.42 Å². The molecular formula is C26H23N5O2. The van der Waals surface area contributed by atoms with Crippen LogP contribution in [0.5, 0.6) is 0 Å². The number of fused-ring (bicyclic) bond motifs is 3. The average molecular weight is 438 g/mol. The number of hydrogen-bond donors (Lipinski definition) is 3. The Morgan fingerprint density at radius 3 is 2.79 bits per heavy atom. The first-order chi connectivity index (χ1) is 16.1. The normalized spacial score (nSPS) is 14.3. The molecule has 0 saturated carbocycles. The highest BCUT2D eigenvalue weighted by atomic mass is 16.4. The van der Waals surface area contributed by atoms with Gasteiger partial charge in [0.2, 0.25) is 0 Å². The molecule has 1 aliphatic rings. The summed E-state index contributed by atoms with van der Waals surface area (Å²) in [4.78, 5) is 25.8. The number of pyridine rings is 1. The van der Waals surface area contributed by atoms with Gasteiger partial charge in [0, 0.05) is 34.6 Å². The lowest BCUT2D eigenvalue weighted by molar-refractivity contribution is 0.0697. The molecule has 2 aromatic heterocycles. The number of terminal acetylenes is 1. The first kappa shape index (κ1) is 20.9. The van der Waals surface area contributed by atoms with Crippen LogP contribution in [0.4, 0.5) is 11.5 Å². The molecule has 1 fully saturated rings. The average Bonchev–Trinajstić information content (AvgIpc) is 2.84. The van der Waals surface area contributed by atoms with Crippen molar-refractivity contribution >= 4 is 39.3 Å². The van der Waals surface area contributed by atoms with Gasteiger partial charge in [0.15, 0.2) is 5.82 Å². The van der Waals surface area contributed by atoms with Gasteiger partial charge in [0.25, 0.3) is 0 Å². The zero-order valence-corrected chi connectivity index (χ0v) is 18.0. The molecule has 0 bridgehead atoms. The van der Waals surface area contributed by atoms with Crippen molar-refractivity contribution in [3.63, 3.8) is 0 Å². The van der Waals surface area contributed by atoms with Gasteiger partial charge in [-0.25, -0.2) is 19.7 Å². The lowest BCUT2D eigenvalue weighted by atomic mass is 9.94. The second-order valence-corrected chi connectivity index (χ2v) is 8.29.